The number of aryl methyl sites for hydroxylation is 1. The van der Waals surface area contributed by atoms with Crippen LogP contribution in [-0.2, 0) is 16.8 Å². The van der Waals surface area contributed by atoms with E-state index >= 15 is 0 Å². The number of rotatable bonds is 5. The van der Waals surface area contributed by atoms with Crippen LogP contribution in [0.4, 0.5) is 0 Å². The van der Waals surface area contributed by atoms with Gasteiger partial charge in [-0.15, -0.1) is 0 Å². The number of benzene rings is 1. The summed E-state index contributed by atoms with van der Waals surface area (Å²) in [6.07, 6.45) is 0.725. The minimum absolute atomic E-state index is 0.0948. The summed E-state index contributed by atoms with van der Waals surface area (Å²) in [7, 11) is 1.62. The van der Waals surface area contributed by atoms with Gasteiger partial charge in [-0.3, -0.25) is 4.79 Å². The summed E-state index contributed by atoms with van der Waals surface area (Å²) in [6, 6.07) is 5.57. The fourth-order valence-corrected chi connectivity index (χ4v) is 1.83. The lowest BCUT2D eigenvalue weighted by Crippen LogP contribution is -2.35. The molecule has 1 aromatic carbocycles. The first-order chi connectivity index (χ1) is 7.90. The van der Waals surface area contributed by atoms with Gasteiger partial charge in [-0.25, -0.2) is 0 Å². The number of ether oxygens (including phenoxy) is 1. The average molecular weight is 237 g/mol. The Morgan fingerprint density at radius 3 is 2.65 bits per heavy atom. The molecule has 0 amide bonds. The number of hydrogen-bond donors (Lipinski definition) is 2. The molecule has 0 heterocycles. The highest BCUT2D eigenvalue weighted by Crippen LogP contribution is 2.27. The molecule has 4 heteroatoms. The molecular formula is C13H19NO3. The van der Waals surface area contributed by atoms with Gasteiger partial charge in [0.05, 0.1) is 13.5 Å². The number of hydrogen-bond acceptors (Lipinski definition) is 3. The zero-order chi connectivity index (χ0) is 13.1. The molecule has 3 N–H and O–H groups in total. The third kappa shape index (κ3) is 3.20. The van der Waals surface area contributed by atoms with Crippen molar-refractivity contribution in [3.8, 4) is 5.75 Å². The van der Waals surface area contributed by atoms with E-state index in [1.54, 1.807) is 14.0 Å². The summed E-state index contributed by atoms with van der Waals surface area (Å²) in [4.78, 5) is 10.8. The average Bonchev–Trinajstić information content (AvgIpc) is 2.26. The molecular weight excluding hydrogens is 218 g/mol. The van der Waals surface area contributed by atoms with Crippen LogP contribution in [0.3, 0.4) is 0 Å². The first-order valence-electron chi connectivity index (χ1n) is 5.58. The lowest BCUT2D eigenvalue weighted by Gasteiger charge is -2.24. The maximum Gasteiger partial charge on any atom is 0.305 e. The molecule has 4 nitrogen and oxygen atoms in total. The molecule has 17 heavy (non-hydrogen) atoms. The van der Waals surface area contributed by atoms with Crippen molar-refractivity contribution in [3.63, 3.8) is 0 Å². The van der Waals surface area contributed by atoms with Gasteiger partial charge in [0.25, 0.3) is 0 Å². The lowest BCUT2D eigenvalue weighted by atomic mass is 9.88. The van der Waals surface area contributed by atoms with E-state index in [2.05, 4.69) is 0 Å². The molecule has 1 atom stereocenters. The molecule has 94 valence electrons. The van der Waals surface area contributed by atoms with E-state index in [9.17, 15) is 4.79 Å². The predicted molar refractivity (Wildman–Crippen MR) is 66.2 cm³/mol. The molecule has 0 radical (unpaired) electrons. The third-order valence-electron chi connectivity index (χ3n) is 2.84. The van der Waals surface area contributed by atoms with E-state index in [1.165, 1.54) is 0 Å². The minimum Gasteiger partial charge on any atom is -0.496 e. The standard InChI is InChI=1S/C13H19NO3/c1-4-9-7-10(5-6-11(9)17-3)13(2,14)8-12(15)16/h5-7H,4,8,14H2,1-3H3,(H,15,16). The molecule has 0 saturated heterocycles. The number of carboxylic acid groups (broad SMARTS) is 1. The summed E-state index contributed by atoms with van der Waals surface area (Å²) < 4.78 is 5.23. The van der Waals surface area contributed by atoms with Crippen LogP contribution in [0.25, 0.3) is 0 Å². The van der Waals surface area contributed by atoms with Crippen molar-refractivity contribution in [2.24, 2.45) is 5.73 Å². The van der Waals surface area contributed by atoms with Gasteiger partial charge in [-0.05, 0) is 30.5 Å². The lowest BCUT2D eigenvalue weighted by molar-refractivity contribution is -0.138. The topological polar surface area (TPSA) is 72.6 Å². The van der Waals surface area contributed by atoms with E-state index in [1.807, 2.05) is 25.1 Å². The zero-order valence-electron chi connectivity index (χ0n) is 10.5. The van der Waals surface area contributed by atoms with Crippen LogP contribution >= 0.6 is 0 Å². The molecule has 0 aliphatic carbocycles. The van der Waals surface area contributed by atoms with Crippen molar-refractivity contribution < 1.29 is 14.6 Å². The van der Waals surface area contributed by atoms with Gasteiger partial charge in [-0.2, -0.15) is 0 Å². The van der Waals surface area contributed by atoms with Crippen molar-refractivity contribution in [1.29, 1.82) is 0 Å². The first-order valence-corrected chi connectivity index (χ1v) is 5.58. The van der Waals surface area contributed by atoms with Crippen LogP contribution in [0.5, 0.6) is 5.75 Å². The zero-order valence-corrected chi connectivity index (χ0v) is 10.5. The van der Waals surface area contributed by atoms with Gasteiger partial charge in [-0.1, -0.05) is 19.1 Å². The highest BCUT2D eigenvalue weighted by molar-refractivity contribution is 5.68. The second-order valence-electron chi connectivity index (χ2n) is 4.37. The Bertz CT molecular complexity index is 413. The summed E-state index contributed by atoms with van der Waals surface area (Å²) >= 11 is 0. The van der Waals surface area contributed by atoms with Crippen LogP contribution in [-0.4, -0.2) is 18.2 Å². The number of aliphatic carboxylic acids is 1. The SMILES string of the molecule is CCc1cc(C(C)(N)CC(=O)O)ccc1OC. The van der Waals surface area contributed by atoms with E-state index in [4.69, 9.17) is 15.6 Å². The molecule has 1 aromatic rings. The van der Waals surface area contributed by atoms with Gasteiger partial charge in [0.15, 0.2) is 0 Å². The summed E-state index contributed by atoms with van der Waals surface area (Å²) in [5.41, 5.74) is 7.02. The number of carbonyl (C=O) groups is 1. The smallest absolute Gasteiger partial charge is 0.305 e. The summed E-state index contributed by atoms with van der Waals surface area (Å²) in [5, 5.41) is 8.83. The van der Waals surface area contributed by atoms with Crippen LogP contribution in [0.2, 0.25) is 0 Å². The maximum atomic E-state index is 10.8. The Morgan fingerprint density at radius 2 is 2.18 bits per heavy atom. The van der Waals surface area contributed by atoms with E-state index in [0.717, 1.165) is 23.3 Å². The van der Waals surface area contributed by atoms with Crippen LogP contribution in [0, 0.1) is 0 Å². The second-order valence-corrected chi connectivity index (χ2v) is 4.37. The molecule has 0 aromatic heterocycles. The Balaban J connectivity index is 3.10. The molecule has 0 spiro atoms. The molecule has 0 aliphatic heterocycles. The Kier molecular flexibility index (Phi) is 4.12. The number of methoxy groups -OCH3 is 1. The molecule has 0 aliphatic rings. The maximum absolute atomic E-state index is 10.8. The molecule has 0 saturated carbocycles. The van der Waals surface area contributed by atoms with E-state index < -0.39 is 11.5 Å². The van der Waals surface area contributed by atoms with Crippen LogP contribution in [0.1, 0.15) is 31.4 Å². The van der Waals surface area contributed by atoms with Gasteiger partial charge in [0.2, 0.25) is 0 Å². The highest BCUT2D eigenvalue weighted by atomic mass is 16.5. The second kappa shape index (κ2) is 5.19. The molecule has 0 fully saturated rings. The Labute approximate surface area is 101 Å². The highest BCUT2D eigenvalue weighted by Gasteiger charge is 2.25. The Morgan fingerprint density at radius 1 is 1.53 bits per heavy atom. The van der Waals surface area contributed by atoms with Crippen LogP contribution in [0.15, 0.2) is 18.2 Å². The summed E-state index contributed by atoms with van der Waals surface area (Å²) in [5.74, 6) is -0.0914. The largest absolute Gasteiger partial charge is 0.496 e. The van der Waals surface area contributed by atoms with Gasteiger partial charge >= 0.3 is 5.97 Å². The van der Waals surface area contributed by atoms with Gasteiger partial charge < -0.3 is 15.6 Å². The molecule has 1 unspecified atom stereocenters. The fourth-order valence-electron chi connectivity index (χ4n) is 1.83. The monoisotopic (exact) mass is 237 g/mol. The van der Waals surface area contributed by atoms with E-state index in [0.29, 0.717) is 0 Å². The Hall–Kier alpha value is -1.55. The van der Waals surface area contributed by atoms with Crippen molar-refractivity contribution >= 4 is 5.97 Å². The summed E-state index contributed by atoms with van der Waals surface area (Å²) in [6.45, 7) is 3.75. The van der Waals surface area contributed by atoms with Crippen molar-refractivity contribution in [1.82, 2.24) is 0 Å². The number of carboxylic acids is 1. The number of nitrogens with two attached hydrogens (primary N) is 1. The normalized spacial score (nSPS) is 14.1. The molecule has 0 bridgehead atoms. The molecule has 1 rings (SSSR count). The fraction of sp³-hybridized carbons (Fsp3) is 0.462. The minimum atomic E-state index is -0.899. The first kappa shape index (κ1) is 13.5. The predicted octanol–water partition coefficient (Wildman–Crippen LogP) is 1.91. The van der Waals surface area contributed by atoms with E-state index in [-0.39, 0.29) is 6.42 Å². The van der Waals surface area contributed by atoms with Gasteiger partial charge in [0, 0.05) is 5.54 Å². The van der Waals surface area contributed by atoms with Crippen molar-refractivity contribution in [2.45, 2.75) is 32.2 Å². The van der Waals surface area contributed by atoms with Crippen molar-refractivity contribution in [3.05, 3.63) is 29.3 Å². The van der Waals surface area contributed by atoms with Crippen LogP contribution < -0.4 is 10.5 Å². The van der Waals surface area contributed by atoms with Crippen molar-refractivity contribution in [2.75, 3.05) is 7.11 Å². The van der Waals surface area contributed by atoms with Gasteiger partial charge in [0.1, 0.15) is 5.75 Å². The third-order valence-corrected chi connectivity index (χ3v) is 2.84. The quantitative estimate of drug-likeness (QED) is 0.820.